The summed E-state index contributed by atoms with van der Waals surface area (Å²) in [7, 11) is 1.75. The summed E-state index contributed by atoms with van der Waals surface area (Å²) in [5.74, 6) is -4.44. The number of carboxylic acids is 1. The minimum Gasteiger partial charge on any atom is -0.475 e. The first-order valence-corrected chi connectivity index (χ1v) is 13.4. The highest BCUT2D eigenvalue weighted by Gasteiger charge is 2.39. The summed E-state index contributed by atoms with van der Waals surface area (Å²) in [6.45, 7) is 6.36. The standard InChI is InChI=1S/C23H32N6O5S.C2HF3O2/c1-5-29(6-2)17(30)13-34-18(31)11-12-26-22(33)19-14(3)28(4)23(35-19)27-21(32)16-9-7-15(8-10-16)20(24)25;3-2(4,5)1(6)7/h7-10,14,19H,5-6,11-13H2,1-4H3,(H3,24,25)(H,26,33);(H,6,7). The molecule has 5 N–H and O–H groups in total. The number of carboxylic acid groups (broad SMARTS) is 1. The fourth-order valence-corrected chi connectivity index (χ4v) is 4.53. The zero-order valence-corrected chi connectivity index (χ0v) is 24.2. The summed E-state index contributed by atoms with van der Waals surface area (Å²) in [6, 6.07) is 6.01. The number of carbonyl (C=O) groups excluding carboxylic acids is 4. The van der Waals surface area contributed by atoms with Gasteiger partial charge in [0.1, 0.15) is 11.1 Å². The van der Waals surface area contributed by atoms with E-state index in [1.807, 2.05) is 20.8 Å². The van der Waals surface area contributed by atoms with Crippen molar-refractivity contribution in [3.63, 3.8) is 0 Å². The van der Waals surface area contributed by atoms with Gasteiger partial charge in [0.2, 0.25) is 5.91 Å². The summed E-state index contributed by atoms with van der Waals surface area (Å²) >= 11 is 1.17. The number of aliphatic imine (C=N–C) groups is 1. The van der Waals surface area contributed by atoms with Gasteiger partial charge in [-0.2, -0.15) is 18.2 Å². The largest absolute Gasteiger partial charge is 0.490 e. The van der Waals surface area contributed by atoms with Gasteiger partial charge in [-0.15, -0.1) is 0 Å². The number of hydrogen-bond acceptors (Lipinski definition) is 8. The molecule has 0 aromatic heterocycles. The van der Waals surface area contributed by atoms with E-state index in [0.717, 1.165) is 0 Å². The van der Waals surface area contributed by atoms with Crippen molar-refractivity contribution >= 4 is 52.4 Å². The fraction of sp³-hybridized carbons (Fsp3) is 0.480. The maximum absolute atomic E-state index is 12.7. The van der Waals surface area contributed by atoms with Crippen molar-refractivity contribution in [3.05, 3.63) is 35.4 Å². The van der Waals surface area contributed by atoms with Gasteiger partial charge in [0, 0.05) is 43.9 Å². The molecule has 0 bridgehead atoms. The van der Waals surface area contributed by atoms with Crippen LogP contribution in [0.25, 0.3) is 0 Å². The van der Waals surface area contributed by atoms with Crippen LogP contribution in [0, 0.1) is 5.41 Å². The van der Waals surface area contributed by atoms with Crippen LogP contribution in [0.3, 0.4) is 0 Å². The van der Waals surface area contributed by atoms with Crippen molar-refractivity contribution in [1.29, 1.82) is 5.41 Å². The molecule has 17 heteroatoms. The zero-order chi connectivity index (χ0) is 32.2. The molecule has 1 fully saturated rings. The van der Waals surface area contributed by atoms with E-state index in [4.69, 9.17) is 25.8 Å². The predicted octanol–water partition coefficient (Wildman–Crippen LogP) is 1.45. The lowest BCUT2D eigenvalue weighted by molar-refractivity contribution is -0.192. The van der Waals surface area contributed by atoms with Gasteiger partial charge < -0.3 is 30.7 Å². The molecule has 232 valence electrons. The molecule has 0 saturated carbocycles. The van der Waals surface area contributed by atoms with Crippen LogP contribution in [0.1, 0.15) is 43.1 Å². The number of nitrogens with zero attached hydrogens (tertiary/aromatic N) is 3. The number of likely N-dealkylation sites (N-methyl/N-ethyl adjacent to an activating group) is 1. The Morgan fingerprint density at radius 2 is 1.67 bits per heavy atom. The number of nitrogens with one attached hydrogen (secondary N) is 2. The molecule has 0 radical (unpaired) electrons. The summed E-state index contributed by atoms with van der Waals surface area (Å²) in [5.41, 5.74) is 6.28. The molecular weight excluding hydrogens is 585 g/mol. The number of rotatable bonds is 10. The van der Waals surface area contributed by atoms with Crippen molar-refractivity contribution in [2.75, 3.05) is 33.3 Å². The Balaban J connectivity index is 0.00000112. The first-order chi connectivity index (χ1) is 19.5. The van der Waals surface area contributed by atoms with E-state index < -0.39 is 29.3 Å². The number of amidine groups is 2. The minimum absolute atomic E-state index is 0.0609. The van der Waals surface area contributed by atoms with Gasteiger partial charge in [-0.3, -0.25) is 24.6 Å². The predicted molar refractivity (Wildman–Crippen MR) is 148 cm³/mol. The molecule has 1 aromatic carbocycles. The van der Waals surface area contributed by atoms with Crippen molar-refractivity contribution in [2.45, 2.75) is 44.7 Å². The smallest absolute Gasteiger partial charge is 0.475 e. The van der Waals surface area contributed by atoms with Gasteiger partial charge in [-0.25, -0.2) is 4.79 Å². The van der Waals surface area contributed by atoms with Crippen molar-refractivity contribution in [1.82, 2.24) is 15.1 Å². The van der Waals surface area contributed by atoms with E-state index in [1.54, 1.807) is 41.1 Å². The number of nitrogen functional groups attached to an aromatic ring is 1. The van der Waals surface area contributed by atoms with Crippen LogP contribution in [-0.4, -0.2) is 106 Å². The Hall–Kier alpha value is -4.15. The zero-order valence-electron chi connectivity index (χ0n) is 23.4. The number of hydrogen-bond donors (Lipinski definition) is 4. The highest BCUT2D eigenvalue weighted by molar-refractivity contribution is 8.15. The Kier molecular flexibility index (Phi) is 14.0. The third kappa shape index (κ3) is 11.0. The number of nitrogens with two attached hydrogens (primary N) is 1. The van der Waals surface area contributed by atoms with Crippen LogP contribution in [0.4, 0.5) is 13.2 Å². The summed E-state index contributed by atoms with van der Waals surface area (Å²) < 4.78 is 36.7. The molecule has 1 heterocycles. The van der Waals surface area contributed by atoms with Gasteiger partial charge >= 0.3 is 18.1 Å². The third-order valence-corrected chi connectivity index (χ3v) is 7.28. The van der Waals surface area contributed by atoms with Crippen LogP contribution in [0.2, 0.25) is 0 Å². The lowest BCUT2D eigenvalue weighted by atomic mass is 10.1. The SMILES string of the molecule is CCN(CC)C(=O)COC(=O)CCNC(=O)C1SC(=NC(=O)c2ccc(C(=N)N)cc2)N(C)C1C.O=C(O)C(F)(F)F. The average Bonchev–Trinajstić information content (AvgIpc) is 3.20. The molecule has 2 rings (SSSR count). The van der Waals surface area contributed by atoms with Crippen LogP contribution in [0.5, 0.6) is 0 Å². The molecule has 1 aliphatic heterocycles. The van der Waals surface area contributed by atoms with Crippen LogP contribution in [0.15, 0.2) is 29.3 Å². The second kappa shape index (κ2) is 16.3. The summed E-state index contributed by atoms with van der Waals surface area (Å²) in [5, 5.41) is 17.1. The van der Waals surface area contributed by atoms with Crippen LogP contribution >= 0.6 is 11.8 Å². The van der Waals surface area contributed by atoms with Crippen molar-refractivity contribution in [2.24, 2.45) is 10.7 Å². The Labute approximate surface area is 244 Å². The Bertz CT molecular complexity index is 1190. The summed E-state index contributed by atoms with van der Waals surface area (Å²) in [6.07, 6.45) is -5.14. The molecule has 0 aliphatic carbocycles. The van der Waals surface area contributed by atoms with Gasteiger partial charge in [-0.1, -0.05) is 23.9 Å². The van der Waals surface area contributed by atoms with E-state index in [-0.39, 0.29) is 43.3 Å². The van der Waals surface area contributed by atoms with E-state index in [1.165, 1.54) is 11.8 Å². The molecule has 2 unspecified atom stereocenters. The number of carbonyl (C=O) groups is 5. The number of thioether (sulfide) groups is 1. The van der Waals surface area contributed by atoms with Crippen molar-refractivity contribution in [3.8, 4) is 0 Å². The molecule has 1 saturated heterocycles. The maximum atomic E-state index is 12.7. The summed E-state index contributed by atoms with van der Waals surface area (Å²) in [4.78, 5) is 65.4. The van der Waals surface area contributed by atoms with Crippen molar-refractivity contribution < 1.29 is 47.0 Å². The maximum Gasteiger partial charge on any atom is 0.490 e. The van der Waals surface area contributed by atoms with Gasteiger partial charge in [0.05, 0.1) is 6.42 Å². The Morgan fingerprint density at radius 3 is 2.14 bits per heavy atom. The number of ether oxygens (including phenoxy) is 1. The fourth-order valence-electron chi connectivity index (χ4n) is 3.26. The molecule has 1 aromatic rings. The van der Waals surface area contributed by atoms with Crippen LogP contribution in [-0.2, 0) is 23.9 Å². The molecule has 13 nitrogen and oxygen atoms in total. The molecule has 1 aliphatic rings. The second-order valence-electron chi connectivity index (χ2n) is 8.65. The normalized spacial score (nSPS) is 17.1. The highest BCUT2D eigenvalue weighted by Crippen LogP contribution is 2.31. The lowest BCUT2D eigenvalue weighted by Gasteiger charge is -2.20. The third-order valence-electron chi connectivity index (χ3n) is 5.83. The van der Waals surface area contributed by atoms with E-state index in [9.17, 15) is 32.3 Å². The van der Waals surface area contributed by atoms with Crippen LogP contribution < -0.4 is 11.1 Å². The van der Waals surface area contributed by atoms with E-state index in [0.29, 0.717) is 29.4 Å². The molecule has 2 atom stereocenters. The number of alkyl halides is 3. The quantitative estimate of drug-likeness (QED) is 0.169. The average molecular weight is 619 g/mol. The molecule has 3 amide bonds. The Morgan fingerprint density at radius 1 is 1.14 bits per heavy atom. The number of benzene rings is 1. The highest BCUT2D eigenvalue weighted by atomic mass is 32.2. The number of esters is 1. The topological polar surface area (TPSA) is 196 Å². The van der Waals surface area contributed by atoms with Gasteiger partial charge in [0.15, 0.2) is 11.8 Å². The monoisotopic (exact) mass is 618 g/mol. The lowest BCUT2D eigenvalue weighted by Crippen LogP contribution is -2.41. The van der Waals surface area contributed by atoms with Gasteiger partial charge in [0.25, 0.3) is 11.8 Å². The minimum atomic E-state index is -5.08. The van der Waals surface area contributed by atoms with E-state index >= 15 is 0 Å². The number of halogens is 3. The number of amides is 3. The molecular formula is C25H33F3N6O7S. The second-order valence-corrected chi connectivity index (χ2v) is 9.76. The first-order valence-electron chi connectivity index (χ1n) is 12.5. The first kappa shape index (κ1) is 35.9. The van der Waals surface area contributed by atoms with E-state index in [2.05, 4.69) is 10.3 Å². The number of aliphatic carboxylic acids is 1. The van der Waals surface area contributed by atoms with Gasteiger partial charge in [-0.05, 0) is 32.9 Å². The molecule has 42 heavy (non-hydrogen) atoms. The molecule has 0 spiro atoms.